The molecule has 1 aliphatic heterocycles. The van der Waals surface area contributed by atoms with E-state index in [0.717, 1.165) is 41.8 Å². The van der Waals surface area contributed by atoms with E-state index in [9.17, 15) is 4.79 Å². The summed E-state index contributed by atoms with van der Waals surface area (Å²) in [5.41, 5.74) is 4.66. The third-order valence-electron chi connectivity index (χ3n) is 6.26. The molecule has 7 nitrogen and oxygen atoms in total. The van der Waals surface area contributed by atoms with Crippen LogP contribution < -0.4 is 10.6 Å². The lowest BCUT2D eigenvalue weighted by atomic mass is 10.0. The molecule has 0 aliphatic carbocycles. The van der Waals surface area contributed by atoms with Gasteiger partial charge in [0.1, 0.15) is 5.69 Å². The van der Waals surface area contributed by atoms with Crippen LogP contribution >= 0.6 is 0 Å². The molecule has 4 aromatic rings. The maximum Gasteiger partial charge on any atom is 0.274 e. The van der Waals surface area contributed by atoms with E-state index in [1.807, 2.05) is 60.1 Å². The predicted octanol–water partition coefficient (Wildman–Crippen LogP) is 4.08. The zero-order valence-corrected chi connectivity index (χ0v) is 18.3. The minimum absolute atomic E-state index is 0.149. The number of anilines is 1. The number of hydrogen-bond donors (Lipinski definition) is 2. The number of hydrogen-bond acceptors (Lipinski definition) is 4. The molecule has 1 fully saturated rings. The average molecular weight is 429 g/mol. The topological polar surface area (TPSA) is 76.8 Å². The molecule has 0 spiro atoms. The molecular weight excluding hydrogens is 400 g/mol. The fraction of sp³-hybridized carbons (Fsp3) is 0.320. The van der Waals surface area contributed by atoms with Gasteiger partial charge in [-0.3, -0.25) is 15.1 Å². The molecule has 2 N–H and O–H groups in total. The molecule has 32 heavy (non-hydrogen) atoms. The summed E-state index contributed by atoms with van der Waals surface area (Å²) < 4.78 is 4.06. The number of rotatable bonds is 6. The number of nitrogens with one attached hydrogen (secondary N) is 2. The summed E-state index contributed by atoms with van der Waals surface area (Å²) in [6.45, 7) is 1.70. The van der Waals surface area contributed by atoms with E-state index < -0.39 is 0 Å². The number of imidazole rings is 1. The standard InChI is InChI=1S/C25H28N6O/c1-30-21(19-9-5-7-16-27-19)12-13-23(30)24(32)29-25-28-20-10-2-3-11-22(20)31(25)17-14-18-8-4-6-15-26-18/h2-4,6,8,10-13,15,19,27H,5,7,9,14,16-17H2,1H3,(H,28,29,32). The summed E-state index contributed by atoms with van der Waals surface area (Å²) in [5, 5.41) is 6.62. The Kier molecular flexibility index (Phi) is 5.73. The number of pyridine rings is 1. The highest BCUT2D eigenvalue weighted by atomic mass is 16.2. The molecule has 1 aromatic carbocycles. The Morgan fingerprint density at radius 2 is 2.00 bits per heavy atom. The van der Waals surface area contributed by atoms with Gasteiger partial charge >= 0.3 is 0 Å². The number of carbonyl (C=O) groups is 1. The highest BCUT2D eigenvalue weighted by molar-refractivity contribution is 6.03. The Morgan fingerprint density at radius 3 is 2.81 bits per heavy atom. The zero-order valence-electron chi connectivity index (χ0n) is 18.3. The van der Waals surface area contributed by atoms with Gasteiger partial charge < -0.3 is 14.5 Å². The van der Waals surface area contributed by atoms with E-state index in [0.29, 0.717) is 24.2 Å². The average Bonchev–Trinajstić information content (AvgIpc) is 3.39. The van der Waals surface area contributed by atoms with Gasteiger partial charge in [-0.15, -0.1) is 0 Å². The normalized spacial score (nSPS) is 16.3. The number of benzene rings is 1. The molecule has 4 heterocycles. The minimum Gasteiger partial charge on any atom is -0.342 e. The zero-order chi connectivity index (χ0) is 21.9. The summed E-state index contributed by atoms with van der Waals surface area (Å²) in [5.74, 6) is 0.412. The fourth-order valence-electron chi connectivity index (χ4n) is 4.54. The van der Waals surface area contributed by atoms with Crippen molar-refractivity contribution < 1.29 is 4.79 Å². The van der Waals surface area contributed by atoms with Crippen LogP contribution in [0.3, 0.4) is 0 Å². The monoisotopic (exact) mass is 428 g/mol. The van der Waals surface area contributed by atoms with Gasteiger partial charge in [0.05, 0.1) is 11.0 Å². The van der Waals surface area contributed by atoms with Crippen molar-refractivity contribution in [1.29, 1.82) is 0 Å². The van der Waals surface area contributed by atoms with Crippen molar-refractivity contribution in [3.63, 3.8) is 0 Å². The van der Waals surface area contributed by atoms with Gasteiger partial charge in [0.2, 0.25) is 5.95 Å². The maximum absolute atomic E-state index is 13.2. The van der Waals surface area contributed by atoms with E-state index in [2.05, 4.69) is 26.3 Å². The van der Waals surface area contributed by atoms with Crippen molar-refractivity contribution in [3.05, 3.63) is 77.9 Å². The van der Waals surface area contributed by atoms with Crippen LogP contribution in [-0.2, 0) is 20.0 Å². The number of amides is 1. The van der Waals surface area contributed by atoms with Gasteiger partial charge in [-0.05, 0) is 55.8 Å². The second-order valence-corrected chi connectivity index (χ2v) is 8.31. The smallest absolute Gasteiger partial charge is 0.274 e. The maximum atomic E-state index is 13.2. The van der Waals surface area contributed by atoms with Crippen LogP contribution in [0.25, 0.3) is 11.0 Å². The Hall–Kier alpha value is -3.45. The second kappa shape index (κ2) is 8.96. The Bertz CT molecular complexity index is 1220. The first-order valence-corrected chi connectivity index (χ1v) is 11.3. The number of piperidine rings is 1. The Labute approximate surface area is 187 Å². The van der Waals surface area contributed by atoms with Crippen LogP contribution in [0.5, 0.6) is 0 Å². The third-order valence-corrected chi connectivity index (χ3v) is 6.26. The molecular formula is C25H28N6O. The van der Waals surface area contributed by atoms with E-state index in [1.165, 1.54) is 12.8 Å². The third kappa shape index (κ3) is 4.03. The minimum atomic E-state index is -0.149. The Balaban J connectivity index is 1.40. The molecule has 1 unspecified atom stereocenters. The van der Waals surface area contributed by atoms with Crippen LogP contribution in [0, 0.1) is 0 Å². The first kappa shape index (κ1) is 20.5. The molecule has 0 saturated carbocycles. The van der Waals surface area contributed by atoms with E-state index in [1.54, 1.807) is 6.20 Å². The quantitative estimate of drug-likeness (QED) is 0.485. The van der Waals surface area contributed by atoms with Crippen LogP contribution in [-0.4, -0.2) is 31.6 Å². The first-order valence-electron chi connectivity index (χ1n) is 11.3. The number of aryl methyl sites for hydroxylation is 2. The second-order valence-electron chi connectivity index (χ2n) is 8.31. The van der Waals surface area contributed by atoms with Crippen molar-refractivity contribution in [1.82, 2.24) is 24.4 Å². The van der Waals surface area contributed by atoms with Gasteiger partial charge in [-0.1, -0.05) is 24.6 Å². The van der Waals surface area contributed by atoms with Gasteiger partial charge in [0.25, 0.3) is 5.91 Å². The van der Waals surface area contributed by atoms with Crippen molar-refractivity contribution in [2.45, 2.75) is 38.3 Å². The largest absolute Gasteiger partial charge is 0.342 e. The highest BCUT2D eigenvalue weighted by Gasteiger charge is 2.22. The number of aromatic nitrogens is 4. The SMILES string of the molecule is Cn1c(C(=O)Nc2nc3ccccc3n2CCc2ccccn2)ccc1C1CCCCN1. The molecule has 1 saturated heterocycles. The molecule has 0 radical (unpaired) electrons. The van der Waals surface area contributed by atoms with Crippen molar-refractivity contribution in [2.24, 2.45) is 7.05 Å². The van der Waals surface area contributed by atoms with Gasteiger partial charge in [-0.2, -0.15) is 0 Å². The van der Waals surface area contributed by atoms with E-state index in [-0.39, 0.29) is 5.91 Å². The van der Waals surface area contributed by atoms with Gasteiger partial charge in [-0.25, -0.2) is 4.98 Å². The molecule has 5 rings (SSSR count). The van der Waals surface area contributed by atoms with Crippen LogP contribution in [0.1, 0.15) is 47.2 Å². The van der Waals surface area contributed by atoms with E-state index in [4.69, 9.17) is 4.98 Å². The van der Waals surface area contributed by atoms with Gasteiger partial charge in [0, 0.05) is 43.6 Å². The lowest BCUT2D eigenvalue weighted by molar-refractivity contribution is 0.101. The summed E-state index contributed by atoms with van der Waals surface area (Å²) >= 11 is 0. The van der Waals surface area contributed by atoms with Crippen molar-refractivity contribution in [3.8, 4) is 0 Å². The lowest BCUT2D eigenvalue weighted by Crippen LogP contribution is -2.29. The molecule has 3 aromatic heterocycles. The molecule has 7 heteroatoms. The molecule has 1 amide bonds. The van der Waals surface area contributed by atoms with Crippen LogP contribution in [0.15, 0.2) is 60.8 Å². The molecule has 1 atom stereocenters. The first-order chi connectivity index (χ1) is 15.7. The Morgan fingerprint density at radius 1 is 1.12 bits per heavy atom. The van der Waals surface area contributed by atoms with Crippen LogP contribution in [0.4, 0.5) is 5.95 Å². The summed E-state index contributed by atoms with van der Waals surface area (Å²) in [6, 6.07) is 18.1. The molecule has 1 aliphatic rings. The van der Waals surface area contributed by atoms with Crippen LogP contribution in [0.2, 0.25) is 0 Å². The van der Waals surface area contributed by atoms with Crippen molar-refractivity contribution in [2.75, 3.05) is 11.9 Å². The molecule has 0 bridgehead atoms. The summed E-state index contributed by atoms with van der Waals surface area (Å²) in [7, 11) is 1.96. The fourth-order valence-corrected chi connectivity index (χ4v) is 4.54. The number of para-hydroxylation sites is 2. The van der Waals surface area contributed by atoms with Crippen molar-refractivity contribution >= 4 is 22.9 Å². The van der Waals surface area contributed by atoms with Gasteiger partial charge in [0.15, 0.2) is 0 Å². The highest BCUT2D eigenvalue weighted by Crippen LogP contribution is 2.25. The summed E-state index contributed by atoms with van der Waals surface area (Å²) in [6.07, 6.45) is 6.08. The number of carbonyl (C=O) groups excluding carboxylic acids is 1. The number of fused-ring (bicyclic) bond motifs is 1. The number of nitrogens with zero attached hydrogens (tertiary/aromatic N) is 4. The lowest BCUT2D eigenvalue weighted by Gasteiger charge is -2.24. The predicted molar refractivity (Wildman–Crippen MR) is 126 cm³/mol. The van der Waals surface area contributed by atoms with E-state index >= 15 is 0 Å². The summed E-state index contributed by atoms with van der Waals surface area (Å²) in [4.78, 5) is 22.3. The molecule has 164 valence electrons.